The Labute approximate surface area is 144 Å². The smallest absolute Gasteiger partial charge is 0.321 e. The van der Waals surface area contributed by atoms with Crippen molar-refractivity contribution in [2.75, 3.05) is 10.6 Å². The SMILES string of the molecule is Cn1cc(Nc2ncc3c(n2)NC(=O)N(Cc2ccccc2)C3)cn1. The number of amides is 2. The van der Waals surface area contributed by atoms with Gasteiger partial charge < -0.3 is 10.2 Å². The Balaban J connectivity index is 1.51. The van der Waals surface area contributed by atoms with E-state index in [2.05, 4.69) is 25.7 Å². The van der Waals surface area contributed by atoms with Crippen LogP contribution >= 0.6 is 0 Å². The Hall–Kier alpha value is -3.42. The Kier molecular flexibility index (Phi) is 3.77. The van der Waals surface area contributed by atoms with E-state index in [1.54, 1.807) is 22.0 Å². The van der Waals surface area contributed by atoms with E-state index in [1.165, 1.54) is 0 Å². The summed E-state index contributed by atoms with van der Waals surface area (Å²) in [6.07, 6.45) is 5.24. The first-order valence-corrected chi connectivity index (χ1v) is 7.89. The number of benzene rings is 1. The van der Waals surface area contributed by atoms with E-state index in [0.29, 0.717) is 24.9 Å². The first-order valence-electron chi connectivity index (χ1n) is 7.89. The molecule has 0 atom stereocenters. The van der Waals surface area contributed by atoms with Gasteiger partial charge in [-0.05, 0) is 5.56 Å². The summed E-state index contributed by atoms with van der Waals surface area (Å²) in [6.45, 7) is 1.02. The fourth-order valence-electron chi connectivity index (χ4n) is 2.70. The number of carbonyl (C=O) groups is 1. The van der Waals surface area contributed by atoms with Gasteiger partial charge in [0.15, 0.2) is 0 Å². The molecule has 2 aromatic heterocycles. The largest absolute Gasteiger partial charge is 0.323 e. The van der Waals surface area contributed by atoms with Crippen LogP contribution < -0.4 is 10.6 Å². The molecule has 1 aliphatic heterocycles. The molecule has 0 radical (unpaired) electrons. The zero-order valence-corrected chi connectivity index (χ0v) is 13.7. The van der Waals surface area contributed by atoms with E-state index >= 15 is 0 Å². The molecule has 8 heteroatoms. The van der Waals surface area contributed by atoms with Crippen LogP contribution in [-0.4, -0.2) is 30.7 Å². The van der Waals surface area contributed by atoms with Crippen molar-refractivity contribution in [2.45, 2.75) is 13.1 Å². The van der Waals surface area contributed by atoms with Crippen LogP contribution in [0.25, 0.3) is 0 Å². The first kappa shape index (κ1) is 15.1. The number of fused-ring (bicyclic) bond motifs is 1. The van der Waals surface area contributed by atoms with Gasteiger partial charge in [0.1, 0.15) is 5.82 Å². The fraction of sp³-hybridized carbons (Fsp3) is 0.176. The van der Waals surface area contributed by atoms with Crippen LogP contribution in [0.5, 0.6) is 0 Å². The number of anilines is 3. The van der Waals surface area contributed by atoms with Gasteiger partial charge in [-0.25, -0.2) is 9.78 Å². The van der Waals surface area contributed by atoms with Crippen molar-refractivity contribution in [3.63, 3.8) is 0 Å². The molecular weight excluding hydrogens is 318 g/mol. The second-order valence-corrected chi connectivity index (χ2v) is 5.87. The fourth-order valence-corrected chi connectivity index (χ4v) is 2.70. The summed E-state index contributed by atoms with van der Waals surface area (Å²) < 4.78 is 1.68. The van der Waals surface area contributed by atoms with Crippen LogP contribution in [-0.2, 0) is 20.1 Å². The van der Waals surface area contributed by atoms with E-state index in [-0.39, 0.29) is 6.03 Å². The van der Waals surface area contributed by atoms with Crippen molar-refractivity contribution in [3.05, 3.63) is 60.0 Å². The van der Waals surface area contributed by atoms with Gasteiger partial charge in [0, 0.05) is 31.5 Å². The van der Waals surface area contributed by atoms with Crippen LogP contribution in [0.3, 0.4) is 0 Å². The van der Waals surface area contributed by atoms with Gasteiger partial charge in [-0.15, -0.1) is 0 Å². The standard InChI is InChI=1S/C17H17N7O/c1-23-11-14(8-19-23)20-16-18-7-13-10-24(17(25)22-15(13)21-16)9-12-5-3-2-4-6-12/h2-8,11H,9-10H2,1H3,(H2,18,20,21,22,25). The van der Waals surface area contributed by atoms with Gasteiger partial charge in [0.25, 0.3) is 0 Å². The van der Waals surface area contributed by atoms with E-state index < -0.39 is 0 Å². The van der Waals surface area contributed by atoms with Crippen molar-refractivity contribution in [2.24, 2.45) is 7.05 Å². The number of aryl methyl sites for hydroxylation is 1. The van der Waals surface area contributed by atoms with Gasteiger partial charge in [-0.2, -0.15) is 10.1 Å². The van der Waals surface area contributed by atoms with E-state index in [1.807, 2.05) is 43.6 Å². The Bertz CT molecular complexity index is 906. The maximum absolute atomic E-state index is 12.4. The van der Waals surface area contributed by atoms with E-state index in [9.17, 15) is 4.79 Å². The predicted molar refractivity (Wildman–Crippen MR) is 93.2 cm³/mol. The van der Waals surface area contributed by atoms with Crippen LogP contribution in [0.1, 0.15) is 11.1 Å². The molecule has 8 nitrogen and oxygen atoms in total. The molecular formula is C17H17N7O. The minimum atomic E-state index is -0.164. The van der Waals surface area contributed by atoms with E-state index in [4.69, 9.17) is 0 Å². The highest BCUT2D eigenvalue weighted by molar-refractivity contribution is 5.91. The first-order chi connectivity index (χ1) is 12.2. The summed E-state index contributed by atoms with van der Waals surface area (Å²) in [6, 6.07) is 9.72. The second-order valence-electron chi connectivity index (χ2n) is 5.87. The third-order valence-electron chi connectivity index (χ3n) is 3.92. The molecule has 2 N–H and O–H groups in total. The highest BCUT2D eigenvalue weighted by atomic mass is 16.2. The van der Waals surface area contributed by atoms with Crippen LogP contribution in [0.15, 0.2) is 48.9 Å². The molecule has 126 valence electrons. The maximum atomic E-state index is 12.4. The minimum absolute atomic E-state index is 0.164. The molecule has 25 heavy (non-hydrogen) atoms. The van der Waals surface area contributed by atoms with Crippen molar-refractivity contribution in [1.29, 1.82) is 0 Å². The van der Waals surface area contributed by atoms with Crippen molar-refractivity contribution < 1.29 is 4.79 Å². The lowest BCUT2D eigenvalue weighted by Gasteiger charge is -2.28. The van der Waals surface area contributed by atoms with Crippen molar-refractivity contribution in [1.82, 2.24) is 24.6 Å². The molecule has 0 saturated carbocycles. The number of urea groups is 1. The average Bonchev–Trinajstić information content (AvgIpc) is 3.01. The Morgan fingerprint density at radius 2 is 2.08 bits per heavy atom. The quantitative estimate of drug-likeness (QED) is 0.765. The lowest BCUT2D eigenvalue weighted by Crippen LogP contribution is -2.38. The highest BCUT2D eigenvalue weighted by Crippen LogP contribution is 2.24. The van der Waals surface area contributed by atoms with Crippen LogP contribution in [0, 0.1) is 0 Å². The Morgan fingerprint density at radius 3 is 2.84 bits per heavy atom. The molecule has 0 fully saturated rings. The molecule has 0 aliphatic carbocycles. The number of hydrogen-bond donors (Lipinski definition) is 2. The van der Waals surface area contributed by atoms with Crippen molar-refractivity contribution in [3.8, 4) is 0 Å². The summed E-state index contributed by atoms with van der Waals surface area (Å²) in [4.78, 5) is 22.8. The number of aromatic nitrogens is 4. The second kappa shape index (κ2) is 6.23. The molecule has 3 heterocycles. The molecule has 0 unspecified atom stereocenters. The lowest BCUT2D eigenvalue weighted by atomic mass is 10.2. The third-order valence-corrected chi connectivity index (χ3v) is 3.92. The molecule has 0 saturated heterocycles. The normalized spacial score (nSPS) is 13.3. The summed E-state index contributed by atoms with van der Waals surface area (Å²) in [5, 5.41) is 9.99. The molecule has 4 rings (SSSR count). The van der Waals surface area contributed by atoms with Crippen LogP contribution in [0.2, 0.25) is 0 Å². The summed E-state index contributed by atoms with van der Waals surface area (Å²) in [5.41, 5.74) is 2.75. The molecule has 1 aromatic carbocycles. The zero-order chi connectivity index (χ0) is 17.2. The van der Waals surface area contributed by atoms with Gasteiger partial charge in [0.05, 0.1) is 18.4 Å². The number of hydrogen-bond acceptors (Lipinski definition) is 5. The summed E-state index contributed by atoms with van der Waals surface area (Å²) in [7, 11) is 1.83. The number of nitrogens with one attached hydrogen (secondary N) is 2. The van der Waals surface area contributed by atoms with Gasteiger partial charge in [-0.3, -0.25) is 10.00 Å². The maximum Gasteiger partial charge on any atom is 0.323 e. The van der Waals surface area contributed by atoms with Crippen molar-refractivity contribution >= 4 is 23.5 Å². The van der Waals surface area contributed by atoms with Gasteiger partial charge in [0.2, 0.25) is 5.95 Å². The number of nitrogens with zero attached hydrogens (tertiary/aromatic N) is 5. The lowest BCUT2D eigenvalue weighted by molar-refractivity contribution is 0.203. The topological polar surface area (TPSA) is 88.0 Å². The molecule has 3 aromatic rings. The highest BCUT2D eigenvalue weighted by Gasteiger charge is 2.24. The monoisotopic (exact) mass is 335 g/mol. The third kappa shape index (κ3) is 3.27. The predicted octanol–water partition coefficient (Wildman–Crippen LogP) is 2.50. The summed E-state index contributed by atoms with van der Waals surface area (Å²) >= 11 is 0. The number of carbonyl (C=O) groups excluding carboxylic acids is 1. The van der Waals surface area contributed by atoms with Crippen LogP contribution in [0.4, 0.5) is 22.2 Å². The molecule has 1 aliphatic rings. The summed E-state index contributed by atoms with van der Waals surface area (Å²) in [5.74, 6) is 0.958. The molecule has 2 amide bonds. The van der Waals surface area contributed by atoms with Gasteiger partial charge >= 0.3 is 6.03 Å². The Morgan fingerprint density at radius 1 is 1.24 bits per heavy atom. The molecule has 0 spiro atoms. The van der Waals surface area contributed by atoms with E-state index in [0.717, 1.165) is 16.8 Å². The molecule has 0 bridgehead atoms. The zero-order valence-electron chi connectivity index (χ0n) is 13.7. The van der Waals surface area contributed by atoms with Gasteiger partial charge in [-0.1, -0.05) is 30.3 Å². The average molecular weight is 335 g/mol. The number of rotatable bonds is 4. The minimum Gasteiger partial charge on any atom is -0.321 e.